The molecule has 0 aromatic heterocycles. The summed E-state index contributed by atoms with van der Waals surface area (Å²) in [5.74, 6) is 0.933. The van der Waals surface area contributed by atoms with Crippen molar-refractivity contribution in [2.24, 2.45) is 5.10 Å². The summed E-state index contributed by atoms with van der Waals surface area (Å²) in [6, 6.07) is 18.2. The number of carbonyl (C=O) groups is 1. The summed E-state index contributed by atoms with van der Waals surface area (Å²) < 4.78 is 44.1. The largest absolute Gasteiger partial charge is 0.494 e. The van der Waals surface area contributed by atoms with E-state index < -0.39 is 22.5 Å². The molecule has 0 saturated carbocycles. The van der Waals surface area contributed by atoms with Crippen LogP contribution in [0.4, 0.5) is 5.69 Å². The Kier molecular flexibility index (Phi) is 8.91. The van der Waals surface area contributed by atoms with Gasteiger partial charge in [0, 0.05) is 5.56 Å². The number of nitrogens with one attached hydrogen (secondary N) is 1. The summed E-state index contributed by atoms with van der Waals surface area (Å²) in [4.78, 5) is 12.9. The van der Waals surface area contributed by atoms with Crippen LogP contribution in [0.25, 0.3) is 0 Å². The first-order valence-electron chi connectivity index (χ1n) is 11.1. The van der Waals surface area contributed by atoms with Gasteiger partial charge in [0.25, 0.3) is 15.9 Å². The van der Waals surface area contributed by atoms with Crippen molar-refractivity contribution < 1.29 is 27.4 Å². The number of anilines is 1. The van der Waals surface area contributed by atoms with Crippen molar-refractivity contribution in [3.8, 4) is 17.2 Å². The molecule has 0 aliphatic rings. The highest BCUT2D eigenvalue weighted by Crippen LogP contribution is 2.29. The number of hydrogen-bond acceptors (Lipinski definition) is 7. The van der Waals surface area contributed by atoms with Crippen molar-refractivity contribution in [3.63, 3.8) is 0 Å². The topological polar surface area (TPSA) is 107 Å². The minimum Gasteiger partial charge on any atom is -0.494 e. The van der Waals surface area contributed by atoms with Crippen molar-refractivity contribution in [2.45, 2.75) is 18.7 Å². The molecule has 0 spiro atoms. The first kappa shape index (κ1) is 26.6. The normalized spacial score (nSPS) is 11.2. The molecule has 0 atom stereocenters. The van der Waals surface area contributed by atoms with E-state index in [1.165, 1.54) is 32.6 Å². The summed E-state index contributed by atoms with van der Waals surface area (Å²) in [5, 5.41) is 3.98. The lowest BCUT2D eigenvalue weighted by molar-refractivity contribution is -0.119. The van der Waals surface area contributed by atoms with Crippen LogP contribution in [0.3, 0.4) is 0 Å². The zero-order chi connectivity index (χ0) is 26.1. The molecular weight excluding hydrogens is 482 g/mol. The number of aryl methyl sites for hydroxylation is 1. The number of nitrogens with zero attached hydrogens (tertiary/aromatic N) is 2. The standard InChI is InChI=1S/C26H29N3O6S/c1-5-35-22-13-11-21(12-14-22)29(36(31,32)23-15-9-19(2)10-16-23)18-25(30)28-27-17-20-7-6-8-24(33-3)26(20)34-4/h6-17H,5,18H2,1-4H3,(H,28,30)/b27-17+. The third-order valence-electron chi connectivity index (χ3n) is 5.16. The van der Waals surface area contributed by atoms with Crippen molar-refractivity contribution >= 4 is 27.8 Å². The number of methoxy groups -OCH3 is 2. The van der Waals surface area contributed by atoms with Gasteiger partial charge in [-0.2, -0.15) is 5.10 Å². The van der Waals surface area contributed by atoms with E-state index >= 15 is 0 Å². The fourth-order valence-electron chi connectivity index (χ4n) is 3.38. The molecule has 0 aliphatic heterocycles. The van der Waals surface area contributed by atoms with Crippen LogP contribution in [0, 0.1) is 6.92 Å². The SMILES string of the molecule is CCOc1ccc(N(CC(=O)N/N=C/c2cccc(OC)c2OC)S(=O)(=O)c2ccc(C)cc2)cc1. The predicted molar refractivity (Wildman–Crippen MR) is 139 cm³/mol. The molecule has 9 nitrogen and oxygen atoms in total. The van der Waals surface area contributed by atoms with E-state index in [1.54, 1.807) is 54.6 Å². The summed E-state index contributed by atoms with van der Waals surface area (Å²) in [7, 11) is -1.03. The average Bonchev–Trinajstić information content (AvgIpc) is 2.88. The van der Waals surface area contributed by atoms with Crippen molar-refractivity contribution in [2.75, 3.05) is 31.7 Å². The highest BCUT2D eigenvalue weighted by molar-refractivity contribution is 7.92. The molecule has 0 radical (unpaired) electrons. The molecule has 0 unspecified atom stereocenters. The lowest BCUT2D eigenvalue weighted by Gasteiger charge is -2.24. The minimum absolute atomic E-state index is 0.0689. The number of ether oxygens (including phenoxy) is 3. The number of hydrogen-bond donors (Lipinski definition) is 1. The Bertz CT molecular complexity index is 1310. The zero-order valence-electron chi connectivity index (χ0n) is 20.6. The lowest BCUT2D eigenvalue weighted by Crippen LogP contribution is -2.39. The number of hydrazone groups is 1. The van der Waals surface area contributed by atoms with Gasteiger partial charge in [-0.3, -0.25) is 9.10 Å². The summed E-state index contributed by atoms with van der Waals surface area (Å²) in [6.07, 6.45) is 1.40. The van der Waals surface area contributed by atoms with Crippen LogP contribution in [0.1, 0.15) is 18.1 Å². The van der Waals surface area contributed by atoms with Gasteiger partial charge in [-0.1, -0.05) is 23.8 Å². The van der Waals surface area contributed by atoms with Gasteiger partial charge in [0.05, 0.1) is 37.6 Å². The smallest absolute Gasteiger partial charge is 0.264 e. The van der Waals surface area contributed by atoms with E-state index in [-0.39, 0.29) is 4.90 Å². The second-order valence-corrected chi connectivity index (χ2v) is 9.49. The predicted octanol–water partition coefficient (Wildman–Crippen LogP) is 3.76. The number of para-hydroxylation sites is 1. The van der Waals surface area contributed by atoms with Crippen LogP contribution < -0.4 is 23.9 Å². The third kappa shape index (κ3) is 6.33. The highest BCUT2D eigenvalue weighted by Gasteiger charge is 2.27. The van der Waals surface area contributed by atoms with E-state index in [9.17, 15) is 13.2 Å². The summed E-state index contributed by atoms with van der Waals surface area (Å²) >= 11 is 0. The van der Waals surface area contributed by atoms with Crippen molar-refractivity contribution in [1.82, 2.24) is 5.43 Å². The van der Waals surface area contributed by atoms with Crippen LogP contribution >= 0.6 is 0 Å². The number of rotatable bonds is 11. The summed E-state index contributed by atoms with van der Waals surface area (Å²) in [5.41, 5.74) is 4.20. The minimum atomic E-state index is -4.04. The van der Waals surface area contributed by atoms with Crippen LogP contribution in [0.15, 0.2) is 76.7 Å². The van der Waals surface area contributed by atoms with E-state index in [2.05, 4.69) is 10.5 Å². The first-order chi connectivity index (χ1) is 17.3. The molecular formula is C26H29N3O6S. The Hall–Kier alpha value is -4.05. The summed E-state index contributed by atoms with van der Waals surface area (Å²) in [6.45, 7) is 3.71. The van der Waals surface area contributed by atoms with Gasteiger partial charge in [0.2, 0.25) is 0 Å². The number of amides is 1. The van der Waals surface area contributed by atoms with Gasteiger partial charge in [-0.05, 0) is 62.4 Å². The fraction of sp³-hybridized carbons (Fsp3) is 0.231. The van der Waals surface area contributed by atoms with Gasteiger partial charge in [0.1, 0.15) is 12.3 Å². The fourth-order valence-corrected chi connectivity index (χ4v) is 4.80. The van der Waals surface area contributed by atoms with E-state index in [0.717, 1.165) is 9.87 Å². The van der Waals surface area contributed by atoms with Gasteiger partial charge in [-0.25, -0.2) is 13.8 Å². The molecule has 3 aromatic rings. The van der Waals surface area contributed by atoms with Crippen LogP contribution in [-0.4, -0.2) is 47.9 Å². The number of sulfonamides is 1. The third-order valence-corrected chi connectivity index (χ3v) is 6.95. The lowest BCUT2D eigenvalue weighted by atomic mass is 10.2. The molecule has 10 heteroatoms. The molecule has 1 amide bonds. The second-order valence-electron chi connectivity index (χ2n) is 7.63. The zero-order valence-corrected chi connectivity index (χ0v) is 21.4. The van der Waals surface area contributed by atoms with Gasteiger partial charge in [0.15, 0.2) is 11.5 Å². The molecule has 36 heavy (non-hydrogen) atoms. The van der Waals surface area contributed by atoms with Crippen molar-refractivity contribution in [3.05, 3.63) is 77.9 Å². The quantitative estimate of drug-likeness (QED) is 0.310. The molecule has 0 heterocycles. The maximum Gasteiger partial charge on any atom is 0.264 e. The van der Waals surface area contributed by atoms with Gasteiger partial charge >= 0.3 is 0 Å². The molecule has 3 rings (SSSR count). The average molecular weight is 512 g/mol. The molecule has 0 fully saturated rings. The Morgan fingerprint density at radius 3 is 2.31 bits per heavy atom. The van der Waals surface area contributed by atoms with Crippen molar-refractivity contribution in [1.29, 1.82) is 0 Å². The van der Waals surface area contributed by atoms with Crippen LogP contribution in [-0.2, 0) is 14.8 Å². The van der Waals surface area contributed by atoms with E-state index in [4.69, 9.17) is 14.2 Å². The molecule has 190 valence electrons. The molecule has 0 saturated heterocycles. The Morgan fingerprint density at radius 1 is 1.00 bits per heavy atom. The van der Waals surface area contributed by atoms with Gasteiger partial charge in [-0.15, -0.1) is 0 Å². The Labute approximate surface area is 211 Å². The first-order valence-corrected chi connectivity index (χ1v) is 12.6. The number of benzene rings is 3. The molecule has 3 aromatic carbocycles. The van der Waals surface area contributed by atoms with E-state index in [1.807, 2.05) is 13.8 Å². The van der Waals surface area contributed by atoms with Gasteiger partial charge < -0.3 is 14.2 Å². The molecule has 1 N–H and O–H groups in total. The Morgan fingerprint density at radius 2 is 1.69 bits per heavy atom. The maximum atomic E-state index is 13.5. The second kappa shape index (κ2) is 12.1. The van der Waals surface area contributed by atoms with Crippen LogP contribution in [0.2, 0.25) is 0 Å². The highest BCUT2D eigenvalue weighted by atomic mass is 32.2. The Balaban J connectivity index is 1.85. The molecule has 0 bridgehead atoms. The number of carbonyl (C=O) groups excluding carboxylic acids is 1. The van der Waals surface area contributed by atoms with Crippen LogP contribution in [0.5, 0.6) is 17.2 Å². The maximum absolute atomic E-state index is 13.5. The monoisotopic (exact) mass is 511 g/mol. The van der Waals surface area contributed by atoms with E-state index in [0.29, 0.717) is 35.1 Å². The molecule has 0 aliphatic carbocycles.